The Morgan fingerprint density at radius 3 is 1.97 bits per heavy atom. The zero-order valence-corrected chi connectivity index (χ0v) is 21.9. The summed E-state index contributed by atoms with van der Waals surface area (Å²) in [7, 11) is 0.480. The summed E-state index contributed by atoms with van der Waals surface area (Å²) in [6, 6.07) is 13.4. The summed E-state index contributed by atoms with van der Waals surface area (Å²) in [6.07, 6.45) is 1.40. The van der Waals surface area contributed by atoms with Gasteiger partial charge in [-0.25, -0.2) is 18.4 Å². The zero-order valence-electron chi connectivity index (χ0n) is 21.1. The standard InChI is InChI=1S/C26H35N3O6S/c1-27(25(26(30)34-3)22-12-14-28(15-13-22)29-16-18-35-19-17-29)36(31,32)24-10-6-21(7-11-24)20-4-8-23(33-2)9-5-20/h4-11,22,25H,12-19H2,1-3H3. The summed E-state index contributed by atoms with van der Waals surface area (Å²) < 4.78 is 44.0. The highest BCUT2D eigenvalue weighted by Crippen LogP contribution is 2.30. The Labute approximate surface area is 213 Å². The van der Waals surface area contributed by atoms with Gasteiger partial charge >= 0.3 is 5.97 Å². The number of esters is 1. The van der Waals surface area contributed by atoms with Crippen molar-refractivity contribution in [1.29, 1.82) is 0 Å². The molecule has 10 heteroatoms. The number of methoxy groups -OCH3 is 2. The van der Waals surface area contributed by atoms with Gasteiger partial charge in [-0.2, -0.15) is 4.31 Å². The zero-order chi connectivity index (χ0) is 25.7. The Kier molecular flexibility index (Phi) is 8.63. The van der Waals surface area contributed by atoms with Gasteiger partial charge in [-0.15, -0.1) is 0 Å². The predicted octanol–water partition coefficient (Wildman–Crippen LogP) is 2.48. The largest absolute Gasteiger partial charge is 0.497 e. The fraction of sp³-hybridized carbons (Fsp3) is 0.500. The Balaban J connectivity index is 1.48. The molecule has 1 unspecified atom stereocenters. The van der Waals surface area contributed by atoms with Gasteiger partial charge in [0, 0.05) is 33.2 Å². The molecule has 2 aliphatic rings. The molecule has 0 amide bonds. The van der Waals surface area contributed by atoms with Gasteiger partial charge in [-0.1, -0.05) is 24.3 Å². The van der Waals surface area contributed by atoms with E-state index in [0.29, 0.717) is 26.1 Å². The molecule has 0 bridgehead atoms. The van der Waals surface area contributed by atoms with Gasteiger partial charge in [0.15, 0.2) is 0 Å². The van der Waals surface area contributed by atoms with Gasteiger partial charge in [0.25, 0.3) is 0 Å². The molecule has 0 spiro atoms. The van der Waals surface area contributed by atoms with Crippen LogP contribution in [-0.4, -0.2) is 95.4 Å². The Bertz CT molecular complexity index is 1110. The van der Waals surface area contributed by atoms with Crippen LogP contribution in [-0.2, 0) is 24.3 Å². The van der Waals surface area contributed by atoms with Crippen molar-refractivity contribution in [3.63, 3.8) is 0 Å². The van der Waals surface area contributed by atoms with Crippen LogP contribution in [0.3, 0.4) is 0 Å². The highest BCUT2D eigenvalue weighted by Gasteiger charge is 2.41. The minimum atomic E-state index is -3.91. The summed E-state index contributed by atoms with van der Waals surface area (Å²) in [6.45, 7) is 4.66. The van der Waals surface area contributed by atoms with Crippen molar-refractivity contribution in [1.82, 2.24) is 14.3 Å². The lowest BCUT2D eigenvalue weighted by molar-refractivity contribution is -0.149. The SMILES string of the molecule is COC(=O)C(C1CCN(N2CCOCC2)CC1)N(C)S(=O)(=O)c1ccc(-c2ccc(OC)cc2)cc1. The number of piperidine rings is 1. The molecule has 4 rings (SSSR count). The summed E-state index contributed by atoms with van der Waals surface area (Å²) in [4.78, 5) is 13.0. The summed E-state index contributed by atoms with van der Waals surface area (Å²) in [5.74, 6) is 0.0954. The lowest BCUT2D eigenvalue weighted by atomic mass is 9.90. The van der Waals surface area contributed by atoms with E-state index in [1.54, 1.807) is 31.4 Å². The number of hydrazine groups is 1. The number of nitrogens with zero attached hydrogens (tertiary/aromatic N) is 3. The quantitative estimate of drug-likeness (QED) is 0.494. The summed E-state index contributed by atoms with van der Waals surface area (Å²) >= 11 is 0. The van der Waals surface area contributed by atoms with Crippen molar-refractivity contribution in [2.45, 2.75) is 23.8 Å². The highest BCUT2D eigenvalue weighted by molar-refractivity contribution is 7.89. The van der Waals surface area contributed by atoms with E-state index in [2.05, 4.69) is 10.0 Å². The van der Waals surface area contributed by atoms with Crippen molar-refractivity contribution < 1.29 is 27.4 Å². The van der Waals surface area contributed by atoms with Gasteiger partial charge in [0.2, 0.25) is 10.0 Å². The first-order chi connectivity index (χ1) is 17.3. The molecule has 2 aromatic rings. The molecule has 2 saturated heterocycles. The molecular weight excluding hydrogens is 482 g/mol. The number of likely N-dealkylation sites (N-methyl/N-ethyl adjacent to an activating group) is 1. The van der Waals surface area contributed by atoms with E-state index < -0.39 is 22.0 Å². The van der Waals surface area contributed by atoms with Crippen molar-refractivity contribution in [3.8, 4) is 16.9 Å². The first-order valence-electron chi connectivity index (χ1n) is 12.2. The summed E-state index contributed by atoms with van der Waals surface area (Å²) in [5, 5.41) is 4.58. The third-order valence-electron chi connectivity index (χ3n) is 7.14. The number of rotatable bonds is 8. The van der Waals surface area contributed by atoms with Crippen LogP contribution in [0.15, 0.2) is 53.4 Å². The maximum atomic E-state index is 13.5. The van der Waals surface area contributed by atoms with E-state index in [1.165, 1.54) is 18.5 Å². The molecule has 2 fully saturated rings. The monoisotopic (exact) mass is 517 g/mol. The van der Waals surface area contributed by atoms with Gasteiger partial charge < -0.3 is 14.2 Å². The molecule has 0 aromatic heterocycles. The minimum Gasteiger partial charge on any atom is -0.497 e. The molecule has 2 aliphatic heterocycles. The number of carbonyl (C=O) groups is 1. The van der Waals surface area contributed by atoms with Gasteiger partial charge in [-0.05, 0) is 54.2 Å². The van der Waals surface area contributed by atoms with Crippen LogP contribution < -0.4 is 4.74 Å². The number of hydrogen-bond donors (Lipinski definition) is 0. The second-order valence-electron chi connectivity index (χ2n) is 9.10. The molecule has 196 valence electrons. The summed E-state index contributed by atoms with van der Waals surface area (Å²) in [5.41, 5.74) is 1.84. The molecule has 0 N–H and O–H groups in total. The maximum Gasteiger partial charge on any atom is 0.324 e. The molecule has 36 heavy (non-hydrogen) atoms. The average Bonchev–Trinajstić information content (AvgIpc) is 2.94. The number of ether oxygens (including phenoxy) is 3. The molecule has 2 heterocycles. The first kappa shape index (κ1) is 26.6. The van der Waals surface area contributed by atoms with E-state index >= 15 is 0 Å². The molecule has 0 saturated carbocycles. The second-order valence-corrected chi connectivity index (χ2v) is 11.1. The van der Waals surface area contributed by atoms with E-state index in [4.69, 9.17) is 14.2 Å². The number of hydrogen-bond acceptors (Lipinski definition) is 8. The van der Waals surface area contributed by atoms with Crippen molar-refractivity contribution >= 4 is 16.0 Å². The van der Waals surface area contributed by atoms with Crippen LogP contribution in [0.5, 0.6) is 5.75 Å². The Morgan fingerprint density at radius 1 is 0.917 bits per heavy atom. The van der Waals surface area contributed by atoms with Crippen LogP contribution in [0.1, 0.15) is 12.8 Å². The highest BCUT2D eigenvalue weighted by atomic mass is 32.2. The van der Waals surface area contributed by atoms with Crippen LogP contribution in [0.4, 0.5) is 0 Å². The fourth-order valence-electron chi connectivity index (χ4n) is 5.00. The average molecular weight is 518 g/mol. The van der Waals surface area contributed by atoms with E-state index in [9.17, 15) is 13.2 Å². The Hall–Kier alpha value is -2.50. The van der Waals surface area contributed by atoms with Gasteiger partial charge in [0.05, 0.1) is 32.3 Å². The Morgan fingerprint density at radius 2 is 1.44 bits per heavy atom. The van der Waals surface area contributed by atoms with E-state index in [0.717, 1.165) is 43.1 Å². The minimum absolute atomic E-state index is 0.131. The van der Waals surface area contributed by atoms with Gasteiger partial charge in [-0.3, -0.25) is 4.79 Å². The number of morpholine rings is 1. The van der Waals surface area contributed by atoms with Crippen molar-refractivity contribution in [2.24, 2.45) is 5.92 Å². The molecule has 0 radical (unpaired) electrons. The smallest absolute Gasteiger partial charge is 0.324 e. The third-order valence-corrected chi connectivity index (χ3v) is 8.99. The molecule has 9 nitrogen and oxygen atoms in total. The van der Waals surface area contributed by atoms with Crippen LogP contribution in [0.25, 0.3) is 11.1 Å². The number of sulfonamides is 1. The first-order valence-corrected chi connectivity index (χ1v) is 13.7. The van der Waals surface area contributed by atoms with Gasteiger partial charge in [0.1, 0.15) is 11.8 Å². The maximum absolute atomic E-state index is 13.5. The molecular formula is C26H35N3O6S. The lowest BCUT2D eigenvalue weighted by Crippen LogP contribution is -2.55. The second kappa shape index (κ2) is 11.7. The van der Waals surface area contributed by atoms with Crippen molar-refractivity contribution in [2.75, 3.05) is 60.7 Å². The lowest BCUT2D eigenvalue weighted by Gasteiger charge is -2.43. The molecule has 2 aromatic carbocycles. The fourth-order valence-corrected chi connectivity index (χ4v) is 6.37. The van der Waals surface area contributed by atoms with Crippen molar-refractivity contribution in [3.05, 3.63) is 48.5 Å². The normalized spacial score (nSPS) is 19.2. The predicted molar refractivity (Wildman–Crippen MR) is 136 cm³/mol. The molecule has 1 atom stereocenters. The number of carbonyl (C=O) groups excluding carboxylic acids is 1. The molecule has 0 aliphatic carbocycles. The van der Waals surface area contributed by atoms with Crippen LogP contribution in [0.2, 0.25) is 0 Å². The van der Waals surface area contributed by atoms with Crippen LogP contribution in [0, 0.1) is 5.92 Å². The van der Waals surface area contributed by atoms with Crippen LogP contribution >= 0.6 is 0 Å². The number of benzene rings is 2. The topological polar surface area (TPSA) is 88.6 Å². The van der Waals surface area contributed by atoms with E-state index in [1.807, 2.05) is 24.3 Å². The third kappa shape index (κ3) is 5.73. The van der Waals surface area contributed by atoms with E-state index in [-0.39, 0.29) is 10.8 Å².